The summed E-state index contributed by atoms with van der Waals surface area (Å²) in [5.41, 5.74) is 1.87. The minimum atomic E-state index is 0.293. The molecule has 0 N–H and O–H groups in total. The molecule has 1 aliphatic carbocycles. The zero-order valence-electron chi connectivity index (χ0n) is 8.38. The van der Waals surface area contributed by atoms with E-state index in [1.54, 1.807) is 5.57 Å². The maximum absolute atomic E-state index is 6.23. The predicted molar refractivity (Wildman–Crippen MR) is 52.6 cm³/mol. The van der Waals surface area contributed by atoms with Crippen LogP contribution >= 0.6 is 0 Å². The lowest BCUT2D eigenvalue weighted by atomic mass is 9.76. The molecule has 3 atom stereocenters. The van der Waals surface area contributed by atoms with E-state index in [1.165, 1.54) is 38.5 Å². The van der Waals surface area contributed by atoms with Crippen molar-refractivity contribution in [2.45, 2.75) is 57.2 Å². The van der Waals surface area contributed by atoms with Gasteiger partial charge in [-0.3, -0.25) is 0 Å². The van der Waals surface area contributed by atoms with Gasteiger partial charge >= 0.3 is 0 Å². The fourth-order valence-corrected chi connectivity index (χ4v) is 3.64. The third-order valence-corrected chi connectivity index (χ3v) is 4.13. The molecule has 1 spiro atoms. The van der Waals surface area contributed by atoms with Crippen LogP contribution in [0.3, 0.4) is 0 Å². The van der Waals surface area contributed by atoms with Crippen LogP contribution in [0, 0.1) is 5.92 Å². The molecule has 0 aromatic heterocycles. The van der Waals surface area contributed by atoms with Gasteiger partial charge in [0, 0.05) is 0 Å². The second kappa shape index (κ2) is 2.60. The van der Waals surface area contributed by atoms with Gasteiger partial charge in [0.15, 0.2) is 0 Å². The first-order chi connectivity index (χ1) is 6.28. The normalized spacial score (nSPS) is 48.5. The Morgan fingerprint density at radius 1 is 1.38 bits per heavy atom. The zero-order chi connectivity index (χ0) is 8.89. The SMILES string of the molecule is CC1=C[C@H]2CC[C@H]3CCC[C@@]3(C1)O2. The smallest absolute Gasteiger partial charge is 0.0766 e. The molecule has 2 fully saturated rings. The first kappa shape index (κ1) is 8.05. The van der Waals surface area contributed by atoms with Crippen LogP contribution in [-0.2, 0) is 4.74 Å². The fourth-order valence-electron chi connectivity index (χ4n) is 3.64. The highest BCUT2D eigenvalue weighted by Gasteiger charge is 2.49. The standard InChI is InChI=1S/C12H18O/c1-9-7-11-5-4-10-3-2-6-12(10,8-9)13-11/h7,10-11H,2-6,8H2,1H3/t10-,11-,12+/m1/s1. The third kappa shape index (κ3) is 1.10. The van der Waals surface area contributed by atoms with Crippen LogP contribution in [0.2, 0.25) is 0 Å². The molecule has 0 aromatic rings. The molecule has 0 radical (unpaired) electrons. The lowest BCUT2D eigenvalue weighted by Gasteiger charge is -2.46. The lowest BCUT2D eigenvalue weighted by Crippen LogP contribution is -2.46. The van der Waals surface area contributed by atoms with Gasteiger partial charge < -0.3 is 4.74 Å². The van der Waals surface area contributed by atoms with E-state index < -0.39 is 0 Å². The average molecular weight is 178 g/mol. The second-order valence-corrected chi connectivity index (χ2v) is 5.08. The molecule has 2 heterocycles. The summed E-state index contributed by atoms with van der Waals surface area (Å²) in [5, 5.41) is 0. The summed E-state index contributed by atoms with van der Waals surface area (Å²) in [4.78, 5) is 0. The number of ether oxygens (including phenoxy) is 1. The largest absolute Gasteiger partial charge is 0.367 e. The van der Waals surface area contributed by atoms with Crippen molar-refractivity contribution in [1.29, 1.82) is 0 Å². The summed E-state index contributed by atoms with van der Waals surface area (Å²) in [6.45, 7) is 2.28. The van der Waals surface area contributed by atoms with E-state index in [2.05, 4.69) is 13.0 Å². The quantitative estimate of drug-likeness (QED) is 0.518. The van der Waals surface area contributed by atoms with Crippen molar-refractivity contribution in [1.82, 2.24) is 0 Å². The Morgan fingerprint density at radius 3 is 3.23 bits per heavy atom. The molecule has 1 saturated carbocycles. The highest BCUT2D eigenvalue weighted by Crippen LogP contribution is 2.51. The lowest BCUT2D eigenvalue weighted by molar-refractivity contribution is -0.140. The molecule has 2 bridgehead atoms. The molecule has 0 amide bonds. The maximum Gasteiger partial charge on any atom is 0.0766 e. The number of fused-ring (bicyclic) bond motifs is 1. The minimum absolute atomic E-state index is 0.293. The first-order valence-electron chi connectivity index (χ1n) is 5.64. The van der Waals surface area contributed by atoms with E-state index >= 15 is 0 Å². The van der Waals surface area contributed by atoms with Gasteiger partial charge in [0.2, 0.25) is 0 Å². The van der Waals surface area contributed by atoms with Crippen LogP contribution in [0.15, 0.2) is 11.6 Å². The maximum atomic E-state index is 6.23. The summed E-state index contributed by atoms with van der Waals surface area (Å²) >= 11 is 0. The van der Waals surface area contributed by atoms with Gasteiger partial charge in [0.05, 0.1) is 11.7 Å². The van der Waals surface area contributed by atoms with Gasteiger partial charge in [-0.15, -0.1) is 0 Å². The molecule has 0 unspecified atom stereocenters. The molecule has 1 heteroatoms. The molecular weight excluding hydrogens is 160 g/mol. The Morgan fingerprint density at radius 2 is 2.31 bits per heavy atom. The molecule has 1 nitrogen and oxygen atoms in total. The second-order valence-electron chi connectivity index (χ2n) is 5.08. The van der Waals surface area contributed by atoms with E-state index in [0.29, 0.717) is 11.7 Å². The van der Waals surface area contributed by atoms with Crippen LogP contribution in [0.4, 0.5) is 0 Å². The first-order valence-corrected chi connectivity index (χ1v) is 5.64. The Labute approximate surface area is 80.2 Å². The molecular formula is C12H18O. The van der Waals surface area contributed by atoms with Gasteiger partial charge in [0.1, 0.15) is 0 Å². The van der Waals surface area contributed by atoms with E-state index in [-0.39, 0.29) is 0 Å². The average Bonchev–Trinajstić information content (AvgIpc) is 2.44. The molecule has 1 saturated heterocycles. The Balaban J connectivity index is 1.97. The molecule has 0 aromatic carbocycles. The summed E-state index contributed by atoms with van der Waals surface area (Å²) in [7, 11) is 0. The van der Waals surface area contributed by atoms with Gasteiger partial charge in [-0.05, 0) is 44.9 Å². The highest BCUT2D eigenvalue weighted by molar-refractivity contribution is 5.16. The Hall–Kier alpha value is -0.300. The molecule has 13 heavy (non-hydrogen) atoms. The van der Waals surface area contributed by atoms with E-state index in [0.717, 1.165) is 5.92 Å². The fraction of sp³-hybridized carbons (Fsp3) is 0.833. The number of hydrogen-bond donors (Lipinski definition) is 0. The van der Waals surface area contributed by atoms with E-state index in [1.807, 2.05) is 0 Å². The van der Waals surface area contributed by atoms with Crippen LogP contribution in [0.25, 0.3) is 0 Å². The van der Waals surface area contributed by atoms with Crippen molar-refractivity contribution in [2.75, 3.05) is 0 Å². The summed E-state index contributed by atoms with van der Waals surface area (Å²) in [5.74, 6) is 0.882. The number of rotatable bonds is 0. The van der Waals surface area contributed by atoms with Crippen LogP contribution in [-0.4, -0.2) is 11.7 Å². The van der Waals surface area contributed by atoms with E-state index in [9.17, 15) is 0 Å². The molecule has 2 aliphatic heterocycles. The van der Waals surface area contributed by atoms with Crippen molar-refractivity contribution in [3.05, 3.63) is 11.6 Å². The molecule has 3 aliphatic rings. The van der Waals surface area contributed by atoms with Crippen LogP contribution in [0.1, 0.15) is 45.4 Å². The Bertz CT molecular complexity index is 256. The predicted octanol–water partition coefficient (Wildman–Crippen LogP) is 3.05. The zero-order valence-corrected chi connectivity index (χ0v) is 8.38. The minimum Gasteiger partial charge on any atom is -0.367 e. The van der Waals surface area contributed by atoms with Crippen molar-refractivity contribution >= 4 is 0 Å². The summed E-state index contributed by atoms with van der Waals surface area (Å²) in [6, 6.07) is 0. The van der Waals surface area contributed by atoms with Gasteiger partial charge in [-0.2, -0.15) is 0 Å². The van der Waals surface area contributed by atoms with Crippen molar-refractivity contribution in [2.24, 2.45) is 5.92 Å². The van der Waals surface area contributed by atoms with Crippen LogP contribution in [0.5, 0.6) is 0 Å². The summed E-state index contributed by atoms with van der Waals surface area (Å²) < 4.78 is 6.23. The topological polar surface area (TPSA) is 9.23 Å². The van der Waals surface area contributed by atoms with Gasteiger partial charge in [0.25, 0.3) is 0 Å². The molecule has 72 valence electrons. The van der Waals surface area contributed by atoms with Crippen molar-refractivity contribution in [3.8, 4) is 0 Å². The van der Waals surface area contributed by atoms with Crippen molar-refractivity contribution < 1.29 is 4.74 Å². The number of hydrogen-bond acceptors (Lipinski definition) is 1. The summed E-state index contributed by atoms with van der Waals surface area (Å²) in [6.07, 6.45) is 10.8. The highest BCUT2D eigenvalue weighted by atomic mass is 16.5. The van der Waals surface area contributed by atoms with Gasteiger partial charge in [-0.25, -0.2) is 0 Å². The Kier molecular flexibility index (Phi) is 1.61. The monoisotopic (exact) mass is 178 g/mol. The van der Waals surface area contributed by atoms with E-state index in [4.69, 9.17) is 4.74 Å². The molecule has 3 rings (SSSR count). The van der Waals surface area contributed by atoms with Crippen LogP contribution < -0.4 is 0 Å². The van der Waals surface area contributed by atoms with Gasteiger partial charge in [-0.1, -0.05) is 18.1 Å². The third-order valence-electron chi connectivity index (χ3n) is 4.13. The van der Waals surface area contributed by atoms with Crippen molar-refractivity contribution in [3.63, 3.8) is 0 Å².